The molecule has 17 heavy (non-hydrogen) atoms. The van der Waals surface area contributed by atoms with Crippen LogP contribution in [-0.4, -0.2) is 6.04 Å². The van der Waals surface area contributed by atoms with Crippen molar-refractivity contribution in [2.75, 3.05) is 0 Å². The Labute approximate surface area is 114 Å². The second kappa shape index (κ2) is 5.67. The molecule has 0 aliphatic rings. The number of hydrogen-bond acceptors (Lipinski definition) is 3. The van der Waals surface area contributed by atoms with Crippen LogP contribution in [0.4, 0.5) is 0 Å². The van der Waals surface area contributed by atoms with Gasteiger partial charge in [0, 0.05) is 16.1 Å². The van der Waals surface area contributed by atoms with E-state index in [2.05, 4.69) is 27.4 Å². The van der Waals surface area contributed by atoms with Crippen LogP contribution in [0, 0.1) is 0 Å². The lowest BCUT2D eigenvalue weighted by atomic mass is 10.1. The summed E-state index contributed by atoms with van der Waals surface area (Å²) in [6, 6.07) is 9.80. The number of nitrogens with two attached hydrogens (primary N) is 1. The van der Waals surface area contributed by atoms with Gasteiger partial charge in [-0.3, -0.25) is 0 Å². The molecule has 0 aliphatic carbocycles. The molecule has 0 spiro atoms. The molecule has 0 saturated heterocycles. The molecule has 0 bridgehead atoms. The molecule has 2 N–H and O–H groups in total. The smallest absolute Gasteiger partial charge is 0.139 e. The highest BCUT2D eigenvalue weighted by Crippen LogP contribution is 2.26. The van der Waals surface area contributed by atoms with Gasteiger partial charge in [-0.2, -0.15) is 11.3 Å². The highest BCUT2D eigenvalue weighted by atomic mass is 79.9. The van der Waals surface area contributed by atoms with Crippen LogP contribution in [0.1, 0.15) is 18.6 Å². The number of hydrogen-bond donors (Lipinski definition) is 1. The number of benzene rings is 1. The minimum Gasteiger partial charge on any atom is -0.484 e. The molecular weight excluding hydrogens is 298 g/mol. The molecule has 0 aliphatic heterocycles. The lowest BCUT2D eigenvalue weighted by Gasteiger charge is -2.21. The minimum atomic E-state index is -0.0950. The van der Waals surface area contributed by atoms with E-state index >= 15 is 0 Å². The average molecular weight is 312 g/mol. The first-order valence-corrected chi connectivity index (χ1v) is 7.10. The first-order valence-electron chi connectivity index (χ1n) is 5.36. The quantitative estimate of drug-likeness (QED) is 0.927. The first-order chi connectivity index (χ1) is 8.16. The van der Waals surface area contributed by atoms with Crippen molar-refractivity contribution in [1.82, 2.24) is 0 Å². The molecule has 0 amide bonds. The fourth-order valence-corrected chi connectivity index (χ4v) is 2.52. The monoisotopic (exact) mass is 311 g/mol. The maximum Gasteiger partial charge on any atom is 0.139 e. The summed E-state index contributed by atoms with van der Waals surface area (Å²) < 4.78 is 6.98. The third-order valence-electron chi connectivity index (χ3n) is 2.43. The van der Waals surface area contributed by atoms with Crippen LogP contribution in [0.25, 0.3) is 0 Å². The molecule has 4 heteroatoms. The van der Waals surface area contributed by atoms with Gasteiger partial charge >= 0.3 is 0 Å². The van der Waals surface area contributed by atoms with Gasteiger partial charge in [0.2, 0.25) is 0 Å². The molecule has 2 unspecified atom stereocenters. The molecule has 2 aromatic rings. The Morgan fingerprint density at radius 3 is 2.47 bits per heavy atom. The van der Waals surface area contributed by atoms with E-state index in [0.29, 0.717) is 0 Å². The van der Waals surface area contributed by atoms with Crippen molar-refractivity contribution < 1.29 is 4.74 Å². The molecule has 90 valence electrons. The molecule has 0 fully saturated rings. The van der Waals surface area contributed by atoms with Crippen molar-refractivity contribution in [3.05, 3.63) is 51.1 Å². The van der Waals surface area contributed by atoms with E-state index in [1.165, 1.54) is 0 Å². The standard InChI is InChI=1S/C13H14BrNOS/c1-9(15)13(10-6-7-17-8-10)16-12-4-2-11(14)3-5-12/h2-9,13H,15H2,1H3. The van der Waals surface area contributed by atoms with Crippen LogP contribution in [0.15, 0.2) is 45.6 Å². The van der Waals surface area contributed by atoms with Crippen LogP contribution < -0.4 is 10.5 Å². The van der Waals surface area contributed by atoms with E-state index in [-0.39, 0.29) is 12.1 Å². The number of ether oxygens (including phenoxy) is 1. The van der Waals surface area contributed by atoms with Crippen LogP contribution in [0.3, 0.4) is 0 Å². The summed E-state index contributed by atoms with van der Waals surface area (Å²) in [5, 5.41) is 4.11. The molecule has 1 heterocycles. The Kier molecular flexibility index (Phi) is 4.20. The van der Waals surface area contributed by atoms with Crippen LogP contribution in [0.5, 0.6) is 5.75 Å². The van der Waals surface area contributed by atoms with E-state index in [0.717, 1.165) is 15.8 Å². The molecule has 1 aromatic carbocycles. The SMILES string of the molecule is CC(N)C(Oc1ccc(Br)cc1)c1ccsc1. The maximum absolute atomic E-state index is 5.98. The van der Waals surface area contributed by atoms with Crippen molar-refractivity contribution in [1.29, 1.82) is 0 Å². The largest absolute Gasteiger partial charge is 0.484 e. The highest BCUT2D eigenvalue weighted by molar-refractivity contribution is 9.10. The van der Waals surface area contributed by atoms with Crippen LogP contribution in [0.2, 0.25) is 0 Å². The molecule has 1 aromatic heterocycles. The van der Waals surface area contributed by atoms with Crippen molar-refractivity contribution in [3.63, 3.8) is 0 Å². The van der Waals surface area contributed by atoms with Gasteiger partial charge in [-0.15, -0.1) is 0 Å². The van der Waals surface area contributed by atoms with Crippen molar-refractivity contribution in [2.24, 2.45) is 5.73 Å². The van der Waals surface area contributed by atoms with Crippen LogP contribution >= 0.6 is 27.3 Å². The summed E-state index contributed by atoms with van der Waals surface area (Å²) >= 11 is 5.06. The fourth-order valence-electron chi connectivity index (χ4n) is 1.58. The van der Waals surface area contributed by atoms with Gasteiger partial charge in [-0.1, -0.05) is 15.9 Å². The van der Waals surface area contributed by atoms with Gasteiger partial charge in [0.05, 0.1) is 0 Å². The minimum absolute atomic E-state index is 0.0479. The zero-order valence-electron chi connectivity index (χ0n) is 9.47. The van der Waals surface area contributed by atoms with E-state index in [1.807, 2.05) is 36.6 Å². The molecule has 2 nitrogen and oxygen atoms in total. The Bertz CT molecular complexity index is 453. The topological polar surface area (TPSA) is 35.2 Å². The Balaban J connectivity index is 2.16. The van der Waals surface area contributed by atoms with E-state index in [1.54, 1.807) is 11.3 Å². The molecule has 2 atom stereocenters. The maximum atomic E-state index is 5.98. The average Bonchev–Trinajstić information content (AvgIpc) is 2.81. The van der Waals surface area contributed by atoms with Gasteiger partial charge in [0.1, 0.15) is 11.9 Å². The third kappa shape index (κ3) is 3.31. The first kappa shape index (κ1) is 12.6. The lowest BCUT2D eigenvalue weighted by molar-refractivity contribution is 0.181. The molecule has 2 rings (SSSR count). The summed E-state index contributed by atoms with van der Waals surface area (Å²) in [7, 11) is 0. The van der Waals surface area contributed by atoms with Gasteiger partial charge in [-0.05, 0) is 48.0 Å². The Morgan fingerprint density at radius 1 is 1.24 bits per heavy atom. The predicted molar refractivity (Wildman–Crippen MR) is 75.5 cm³/mol. The molecule has 0 saturated carbocycles. The van der Waals surface area contributed by atoms with Gasteiger partial charge in [0.15, 0.2) is 0 Å². The summed E-state index contributed by atoms with van der Waals surface area (Å²) in [4.78, 5) is 0. The summed E-state index contributed by atoms with van der Waals surface area (Å²) in [5.74, 6) is 0.835. The highest BCUT2D eigenvalue weighted by Gasteiger charge is 2.18. The predicted octanol–water partition coefficient (Wildman–Crippen LogP) is 3.98. The van der Waals surface area contributed by atoms with Crippen molar-refractivity contribution in [3.8, 4) is 5.75 Å². The van der Waals surface area contributed by atoms with Crippen molar-refractivity contribution in [2.45, 2.75) is 19.1 Å². The van der Waals surface area contributed by atoms with Crippen LogP contribution in [-0.2, 0) is 0 Å². The fraction of sp³-hybridized carbons (Fsp3) is 0.231. The lowest BCUT2D eigenvalue weighted by Crippen LogP contribution is -2.28. The molecule has 0 radical (unpaired) electrons. The summed E-state index contributed by atoms with van der Waals surface area (Å²) in [5.41, 5.74) is 7.11. The second-order valence-corrected chi connectivity index (χ2v) is 5.60. The number of halogens is 1. The van der Waals surface area contributed by atoms with Gasteiger partial charge in [0.25, 0.3) is 0 Å². The van der Waals surface area contributed by atoms with E-state index < -0.39 is 0 Å². The normalized spacial score (nSPS) is 14.3. The van der Waals surface area contributed by atoms with E-state index in [9.17, 15) is 0 Å². The third-order valence-corrected chi connectivity index (χ3v) is 3.66. The number of thiophene rings is 1. The summed E-state index contributed by atoms with van der Waals surface area (Å²) in [6.45, 7) is 1.96. The van der Waals surface area contributed by atoms with Gasteiger partial charge < -0.3 is 10.5 Å². The zero-order valence-corrected chi connectivity index (χ0v) is 11.9. The van der Waals surface area contributed by atoms with Crippen molar-refractivity contribution >= 4 is 27.3 Å². The number of rotatable bonds is 4. The Hall–Kier alpha value is -0.840. The zero-order chi connectivity index (χ0) is 12.3. The Morgan fingerprint density at radius 2 is 1.94 bits per heavy atom. The summed E-state index contributed by atoms with van der Waals surface area (Å²) in [6.07, 6.45) is -0.0950. The van der Waals surface area contributed by atoms with Gasteiger partial charge in [-0.25, -0.2) is 0 Å². The van der Waals surface area contributed by atoms with E-state index in [4.69, 9.17) is 10.5 Å². The molecular formula is C13H14BrNOS. The second-order valence-electron chi connectivity index (χ2n) is 3.91.